The van der Waals surface area contributed by atoms with E-state index in [-0.39, 0.29) is 24.0 Å². The Morgan fingerprint density at radius 3 is 2.39 bits per heavy atom. The molecule has 28 heavy (non-hydrogen) atoms. The van der Waals surface area contributed by atoms with E-state index in [0.29, 0.717) is 18.0 Å². The van der Waals surface area contributed by atoms with Crippen LogP contribution in [0.2, 0.25) is 0 Å². The highest BCUT2D eigenvalue weighted by molar-refractivity contribution is 5.99. The molecule has 2 N–H and O–H groups in total. The van der Waals surface area contributed by atoms with Crippen LogP contribution in [-0.4, -0.2) is 29.3 Å². The maximum atomic E-state index is 12.7. The van der Waals surface area contributed by atoms with Crippen molar-refractivity contribution < 1.29 is 9.59 Å². The molecule has 0 spiro atoms. The summed E-state index contributed by atoms with van der Waals surface area (Å²) in [6.07, 6.45) is 0.703. The van der Waals surface area contributed by atoms with E-state index >= 15 is 0 Å². The number of amides is 2. The van der Waals surface area contributed by atoms with Gasteiger partial charge in [-0.05, 0) is 49.6 Å². The van der Waals surface area contributed by atoms with Gasteiger partial charge in [0.1, 0.15) is 6.17 Å². The average molecular weight is 380 g/mol. The van der Waals surface area contributed by atoms with Gasteiger partial charge >= 0.3 is 0 Å². The molecule has 2 aromatic carbocycles. The summed E-state index contributed by atoms with van der Waals surface area (Å²) in [5.41, 5.74) is 3.26. The highest BCUT2D eigenvalue weighted by atomic mass is 16.2. The lowest BCUT2D eigenvalue weighted by Gasteiger charge is -2.26. The number of benzene rings is 2. The van der Waals surface area contributed by atoms with E-state index in [9.17, 15) is 9.59 Å². The van der Waals surface area contributed by atoms with Crippen molar-refractivity contribution in [2.24, 2.45) is 5.92 Å². The van der Waals surface area contributed by atoms with Crippen LogP contribution in [0.3, 0.4) is 0 Å². The van der Waals surface area contributed by atoms with Gasteiger partial charge in [-0.15, -0.1) is 0 Å². The molecule has 0 saturated carbocycles. The standard InChI is InChI=1S/C23H29N3O2/c1-5-14-26-21(19-8-6-7-9-20(19)23(26)28)25-18-12-10-17(11-13-18)22(27)24-16(4)15(2)3/h6-13,15-16,21,25H,5,14H2,1-4H3,(H,24,27). The number of anilines is 1. The Hall–Kier alpha value is -2.82. The lowest BCUT2D eigenvalue weighted by molar-refractivity contribution is 0.0743. The third kappa shape index (κ3) is 4.03. The molecule has 0 fully saturated rings. The van der Waals surface area contributed by atoms with Crippen LogP contribution in [0.25, 0.3) is 0 Å². The van der Waals surface area contributed by atoms with E-state index in [1.54, 1.807) is 0 Å². The van der Waals surface area contributed by atoms with Crippen LogP contribution in [0.4, 0.5) is 5.69 Å². The Bertz CT molecular complexity index is 845. The fourth-order valence-corrected chi connectivity index (χ4v) is 3.33. The van der Waals surface area contributed by atoms with Gasteiger partial charge in [0.15, 0.2) is 0 Å². The quantitative estimate of drug-likeness (QED) is 0.748. The second-order valence-corrected chi connectivity index (χ2v) is 7.72. The smallest absolute Gasteiger partial charge is 0.256 e. The fraction of sp³-hybridized carbons (Fsp3) is 0.391. The Labute approximate surface area is 167 Å². The topological polar surface area (TPSA) is 61.4 Å². The van der Waals surface area contributed by atoms with Gasteiger partial charge in [0, 0.05) is 35.0 Å². The van der Waals surface area contributed by atoms with Crippen molar-refractivity contribution in [3.05, 3.63) is 65.2 Å². The molecular weight excluding hydrogens is 350 g/mol. The molecule has 0 saturated heterocycles. The summed E-state index contributed by atoms with van der Waals surface area (Å²) in [5, 5.41) is 6.48. The van der Waals surface area contributed by atoms with E-state index in [2.05, 4.69) is 31.4 Å². The monoisotopic (exact) mass is 379 g/mol. The van der Waals surface area contributed by atoms with Crippen molar-refractivity contribution in [3.8, 4) is 0 Å². The maximum Gasteiger partial charge on any atom is 0.256 e. The normalized spacial score (nSPS) is 16.8. The Morgan fingerprint density at radius 2 is 1.75 bits per heavy atom. The lowest BCUT2D eigenvalue weighted by Crippen LogP contribution is -2.36. The Balaban J connectivity index is 1.76. The van der Waals surface area contributed by atoms with Crippen LogP contribution in [0.15, 0.2) is 48.5 Å². The molecule has 1 aliphatic rings. The van der Waals surface area contributed by atoms with E-state index in [0.717, 1.165) is 23.2 Å². The summed E-state index contributed by atoms with van der Waals surface area (Å²) >= 11 is 0. The van der Waals surface area contributed by atoms with E-state index in [1.165, 1.54) is 0 Å². The van der Waals surface area contributed by atoms with E-state index in [4.69, 9.17) is 0 Å². The molecule has 2 unspecified atom stereocenters. The third-order valence-corrected chi connectivity index (χ3v) is 5.33. The molecule has 1 aliphatic heterocycles. The summed E-state index contributed by atoms with van der Waals surface area (Å²) < 4.78 is 0. The summed E-state index contributed by atoms with van der Waals surface area (Å²) in [4.78, 5) is 27.0. The number of hydrogen-bond donors (Lipinski definition) is 2. The number of fused-ring (bicyclic) bond motifs is 1. The van der Waals surface area contributed by atoms with Gasteiger partial charge in [-0.2, -0.15) is 0 Å². The molecule has 0 radical (unpaired) electrons. The Morgan fingerprint density at radius 1 is 1.07 bits per heavy atom. The number of carbonyl (C=O) groups is 2. The molecule has 148 valence electrons. The minimum absolute atomic E-state index is 0.0635. The van der Waals surface area contributed by atoms with E-state index < -0.39 is 0 Å². The van der Waals surface area contributed by atoms with Gasteiger partial charge < -0.3 is 15.5 Å². The molecule has 0 aliphatic carbocycles. The number of rotatable bonds is 7. The summed E-state index contributed by atoms with van der Waals surface area (Å²) in [5.74, 6) is 0.379. The minimum atomic E-state index is -0.190. The minimum Gasteiger partial charge on any atom is -0.361 e. The molecule has 5 heteroatoms. The zero-order valence-corrected chi connectivity index (χ0v) is 17.0. The van der Waals surface area contributed by atoms with Crippen molar-refractivity contribution in [1.82, 2.24) is 10.2 Å². The largest absolute Gasteiger partial charge is 0.361 e. The molecule has 3 rings (SSSR count). The molecule has 5 nitrogen and oxygen atoms in total. The van der Waals surface area contributed by atoms with Crippen LogP contribution >= 0.6 is 0 Å². The summed E-state index contributed by atoms with van der Waals surface area (Å²) in [6, 6.07) is 15.3. The van der Waals surface area contributed by atoms with Crippen molar-refractivity contribution in [2.75, 3.05) is 11.9 Å². The zero-order chi connectivity index (χ0) is 20.3. The summed E-state index contributed by atoms with van der Waals surface area (Å²) in [6.45, 7) is 8.94. The number of carbonyl (C=O) groups excluding carboxylic acids is 2. The molecule has 2 atom stereocenters. The van der Waals surface area contributed by atoms with Crippen LogP contribution in [0.5, 0.6) is 0 Å². The average Bonchev–Trinajstić information content (AvgIpc) is 2.95. The Kier molecular flexibility index (Phi) is 6.02. The second-order valence-electron chi connectivity index (χ2n) is 7.72. The van der Waals surface area contributed by atoms with Crippen molar-refractivity contribution in [1.29, 1.82) is 0 Å². The van der Waals surface area contributed by atoms with Crippen molar-refractivity contribution in [3.63, 3.8) is 0 Å². The number of nitrogens with one attached hydrogen (secondary N) is 2. The number of nitrogens with zero attached hydrogens (tertiary/aromatic N) is 1. The molecule has 0 bridgehead atoms. The lowest BCUT2D eigenvalue weighted by atomic mass is 10.1. The predicted octanol–water partition coefficient (Wildman–Crippen LogP) is 4.44. The maximum absolute atomic E-state index is 12.7. The molecule has 2 aromatic rings. The van der Waals surface area contributed by atoms with Gasteiger partial charge in [-0.3, -0.25) is 9.59 Å². The van der Waals surface area contributed by atoms with Gasteiger partial charge in [-0.25, -0.2) is 0 Å². The van der Waals surface area contributed by atoms with Gasteiger partial charge in [0.2, 0.25) is 0 Å². The van der Waals surface area contributed by atoms with Gasteiger partial charge in [0.25, 0.3) is 11.8 Å². The first kappa shape index (κ1) is 19.9. The molecule has 1 heterocycles. The number of hydrogen-bond acceptors (Lipinski definition) is 3. The van der Waals surface area contributed by atoms with Gasteiger partial charge in [-0.1, -0.05) is 39.0 Å². The first-order valence-corrected chi connectivity index (χ1v) is 9.99. The first-order chi connectivity index (χ1) is 13.4. The SMILES string of the molecule is CCCN1C(=O)c2ccccc2C1Nc1ccc(C(=O)NC(C)C(C)C)cc1. The highest BCUT2D eigenvalue weighted by Gasteiger charge is 2.35. The third-order valence-electron chi connectivity index (χ3n) is 5.33. The van der Waals surface area contributed by atoms with Crippen molar-refractivity contribution in [2.45, 2.75) is 46.3 Å². The molecule has 0 aromatic heterocycles. The zero-order valence-electron chi connectivity index (χ0n) is 17.0. The molecule has 2 amide bonds. The molecular formula is C23H29N3O2. The van der Waals surface area contributed by atoms with Crippen LogP contribution in [0.1, 0.15) is 66.6 Å². The highest BCUT2D eigenvalue weighted by Crippen LogP contribution is 2.34. The van der Waals surface area contributed by atoms with Crippen LogP contribution in [0, 0.1) is 5.92 Å². The fourth-order valence-electron chi connectivity index (χ4n) is 3.33. The van der Waals surface area contributed by atoms with Gasteiger partial charge in [0.05, 0.1) is 0 Å². The van der Waals surface area contributed by atoms with E-state index in [1.807, 2.05) is 60.4 Å². The first-order valence-electron chi connectivity index (χ1n) is 9.99. The van der Waals surface area contributed by atoms with Crippen LogP contribution in [-0.2, 0) is 0 Å². The van der Waals surface area contributed by atoms with Crippen molar-refractivity contribution >= 4 is 17.5 Å². The predicted molar refractivity (Wildman–Crippen MR) is 112 cm³/mol. The van der Waals surface area contributed by atoms with Crippen LogP contribution < -0.4 is 10.6 Å². The second kappa shape index (κ2) is 8.46. The summed E-state index contributed by atoms with van der Waals surface area (Å²) in [7, 11) is 0.